The molecule has 0 N–H and O–H groups in total. The first-order chi connectivity index (χ1) is 17.5. The average molecular weight is 486 g/mol. The topological polar surface area (TPSA) is 86.3 Å². The third-order valence-electron chi connectivity index (χ3n) is 6.93. The molecule has 0 bridgehead atoms. The summed E-state index contributed by atoms with van der Waals surface area (Å²) in [6, 6.07) is 15.8. The van der Waals surface area contributed by atoms with Crippen LogP contribution in [-0.2, 0) is 0 Å². The van der Waals surface area contributed by atoms with Gasteiger partial charge in [0.25, 0.3) is 11.8 Å². The molecule has 1 amide bonds. The number of methoxy groups -OCH3 is 1. The summed E-state index contributed by atoms with van der Waals surface area (Å²) in [6.07, 6.45) is 4.32. The van der Waals surface area contributed by atoms with E-state index in [-0.39, 0.29) is 5.91 Å². The summed E-state index contributed by atoms with van der Waals surface area (Å²) in [4.78, 5) is 15.3. The fourth-order valence-corrected chi connectivity index (χ4v) is 4.97. The molecule has 8 heteroatoms. The third kappa shape index (κ3) is 4.39. The number of aryl methyl sites for hydroxylation is 1. The standard InChI is InChI=1S/C28H31N5O3/c1-5-22-8-6-7-17-32(22)28(34)21-9-13-23(14-10-21)33-26(20-11-15-24(35-4)16-12-20)18(2)25(31-33)27-30-29-19(3)36-27/h9-16,22H,5-8,17H2,1-4H3/t22-/m1/s1. The fraction of sp³-hybridized carbons (Fsp3) is 0.357. The number of benzene rings is 2. The van der Waals surface area contributed by atoms with Gasteiger partial charge in [0.1, 0.15) is 5.75 Å². The molecule has 8 nitrogen and oxygen atoms in total. The highest BCUT2D eigenvalue weighted by molar-refractivity contribution is 5.94. The molecule has 5 rings (SSSR count). The number of likely N-dealkylation sites (tertiary alicyclic amines) is 1. The highest BCUT2D eigenvalue weighted by Crippen LogP contribution is 2.34. The number of aromatic nitrogens is 4. The Bertz CT molecular complexity index is 1360. The lowest BCUT2D eigenvalue weighted by molar-refractivity contribution is 0.0608. The number of ether oxygens (including phenoxy) is 1. The molecule has 0 aliphatic carbocycles. The number of carbonyl (C=O) groups excluding carboxylic acids is 1. The van der Waals surface area contributed by atoms with Crippen LogP contribution in [0.4, 0.5) is 0 Å². The van der Waals surface area contributed by atoms with Gasteiger partial charge in [-0.1, -0.05) is 6.92 Å². The van der Waals surface area contributed by atoms with Crippen molar-refractivity contribution in [1.29, 1.82) is 0 Å². The SMILES string of the molecule is CC[C@@H]1CCCCN1C(=O)c1ccc(-n2nc(-c3nnc(C)o3)c(C)c2-c2ccc(OC)cc2)cc1. The highest BCUT2D eigenvalue weighted by Gasteiger charge is 2.27. The van der Waals surface area contributed by atoms with Crippen molar-refractivity contribution in [2.75, 3.05) is 13.7 Å². The molecule has 1 atom stereocenters. The summed E-state index contributed by atoms with van der Waals surface area (Å²) in [5.41, 5.74) is 4.96. The first-order valence-electron chi connectivity index (χ1n) is 12.5. The Hall–Kier alpha value is -3.94. The van der Waals surface area contributed by atoms with E-state index in [0.29, 0.717) is 29.1 Å². The first kappa shape index (κ1) is 23.8. The fourth-order valence-electron chi connectivity index (χ4n) is 4.97. The van der Waals surface area contributed by atoms with Gasteiger partial charge in [0.15, 0.2) is 5.69 Å². The minimum Gasteiger partial charge on any atom is -0.497 e. The molecule has 186 valence electrons. The zero-order valence-electron chi connectivity index (χ0n) is 21.2. The van der Waals surface area contributed by atoms with Gasteiger partial charge in [0.05, 0.1) is 18.5 Å². The number of nitrogens with zero attached hydrogens (tertiary/aromatic N) is 5. The summed E-state index contributed by atoms with van der Waals surface area (Å²) in [5, 5.41) is 13.0. The number of hydrogen-bond acceptors (Lipinski definition) is 6. The molecule has 1 saturated heterocycles. The maximum Gasteiger partial charge on any atom is 0.268 e. The Kier molecular flexibility index (Phi) is 6.59. The lowest BCUT2D eigenvalue weighted by Crippen LogP contribution is -2.43. The molecule has 0 spiro atoms. The van der Waals surface area contributed by atoms with Gasteiger partial charge in [-0.2, -0.15) is 5.10 Å². The van der Waals surface area contributed by atoms with Gasteiger partial charge in [-0.05, 0) is 81.1 Å². The summed E-state index contributed by atoms with van der Waals surface area (Å²) in [6.45, 7) is 6.74. The Labute approximate surface area is 210 Å². The smallest absolute Gasteiger partial charge is 0.268 e. The number of rotatable bonds is 6. The van der Waals surface area contributed by atoms with Gasteiger partial charge < -0.3 is 14.1 Å². The molecule has 0 unspecified atom stereocenters. The second-order valence-electron chi connectivity index (χ2n) is 9.19. The van der Waals surface area contributed by atoms with Crippen molar-refractivity contribution in [3.63, 3.8) is 0 Å². The highest BCUT2D eigenvalue weighted by atomic mass is 16.5. The zero-order chi connectivity index (χ0) is 25.2. The molecule has 2 aromatic carbocycles. The van der Waals surface area contributed by atoms with Gasteiger partial charge in [-0.25, -0.2) is 4.68 Å². The van der Waals surface area contributed by atoms with Gasteiger partial charge >= 0.3 is 0 Å². The van der Waals surface area contributed by atoms with E-state index >= 15 is 0 Å². The van der Waals surface area contributed by atoms with Crippen LogP contribution in [0.15, 0.2) is 52.9 Å². The van der Waals surface area contributed by atoms with Crippen LogP contribution >= 0.6 is 0 Å². The number of amides is 1. The molecule has 4 aromatic rings. The Balaban J connectivity index is 1.54. The Morgan fingerprint density at radius 3 is 2.44 bits per heavy atom. The molecule has 1 aliphatic rings. The van der Waals surface area contributed by atoms with Crippen molar-refractivity contribution in [3.8, 4) is 34.3 Å². The van der Waals surface area contributed by atoms with Crippen LogP contribution in [0.5, 0.6) is 5.75 Å². The molecule has 1 fully saturated rings. The van der Waals surface area contributed by atoms with Crippen LogP contribution in [0.3, 0.4) is 0 Å². The summed E-state index contributed by atoms with van der Waals surface area (Å²) in [7, 11) is 1.65. The Morgan fingerprint density at radius 2 is 1.81 bits per heavy atom. The number of hydrogen-bond donors (Lipinski definition) is 0. The van der Waals surface area contributed by atoms with E-state index in [1.165, 1.54) is 6.42 Å². The van der Waals surface area contributed by atoms with Crippen LogP contribution < -0.4 is 4.74 Å². The average Bonchev–Trinajstić information content (AvgIpc) is 3.51. The summed E-state index contributed by atoms with van der Waals surface area (Å²) >= 11 is 0. The maximum absolute atomic E-state index is 13.3. The zero-order valence-corrected chi connectivity index (χ0v) is 21.2. The predicted molar refractivity (Wildman–Crippen MR) is 137 cm³/mol. The first-order valence-corrected chi connectivity index (χ1v) is 12.5. The summed E-state index contributed by atoms with van der Waals surface area (Å²) in [5.74, 6) is 1.74. The Morgan fingerprint density at radius 1 is 1.06 bits per heavy atom. The minimum absolute atomic E-state index is 0.0992. The van der Waals surface area contributed by atoms with Gasteiger partial charge in [-0.15, -0.1) is 10.2 Å². The van der Waals surface area contributed by atoms with Gasteiger partial charge in [0, 0.05) is 36.2 Å². The van der Waals surface area contributed by atoms with E-state index in [0.717, 1.165) is 54.1 Å². The number of piperidine rings is 1. The second-order valence-corrected chi connectivity index (χ2v) is 9.19. The van der Waals surface area contributed by atoms with Crippen molar-refractivity contribution >= 4 is 5.91 Å². The number of carbonyl (C=O) groups is 1. The van der Waals surface area contributed by atoms with Crippen molar-refractivity contribution in [2.45, 2.75) is 52.5 Å². The van der Waals surface area contributed by atoms with E-state index < -0.39 is 0 Å². The van der Waals surface area contributed by atoms with E-state index in [1.807, 2.05) is 65.0 Å². The van der Waals surface area contributed by atoms with Crippen molar-refractivity contribution in [2.24, 2.45) is 0 Å². The monoisotopic (exact) mass is 485 g/mol. The molecule has 36 heavy (non-hydrogen) atoms. The van der Waals surface area contributed by atoms with E-state index in [4.69, 9.17) is 14.3 Å². The van der Waals surface area contributed by atoms with Crippen molar-refractivity contribution < 1.29 is 13.9 Å². The molecule has 0 radical (unpaired) electrons. The molecule has 2 aromatic heterocycles. The van der Waals surface area contributed by atoms with E-state index in [1.54, 1.807) is 14.0 Å². The predicted octanol–water partition coefficient (Wildman–Crippen LogP) is 5.62. The molecule has 1 aliphatic heterocycles. The third-order valence-corrected chi connectivity index (χ3v) is 6.93. The van der Waals surface area contributed by atoms with Gasteiger partial charge in [-0.3, -0.25) is 4.79 Å². The largest absolute Gasteiger partial charge is 0.497 e. The molecule has 3 heterocycles. The quantitative estimate of drug-likeness (QED) is 0.352. The van der Waals surface area contributed by atoms with Crippen LogP contribution in [0.25, 0.3) is 28.5 Å². The van der Waals surface area contributed by atoms with Crippen LogP contribution in [-0.4, -0.2) is 50.5 Å². The lowest BCUT2D eigenvalue weighted by Gasteiger charge is -2.35. The van der Waals surface area contributed by atoms with Crippen LogP contribution in [0.2, 0.25) is 0 Å². The van der Waals surface area contributed by atoms with Crippen molar-refractivity contribution in [3.05, 3.63) is 65.5 Å². The lowest BCUT2D eigenvalue weighted by atomic mass is 9.99. The second kappa shape index (κ2) is 9.97. The van der Waals surface area contributed by atoms with Gasteiger partial charge in [0.2, 0.25) is 5.89 Å². The molecule has 0 saturated carbocycles. The van der Waals surface area contributed by atoms with E-state index in [2.05, 4.69) is 17.1 Å². The molecular formula is C28H31N5O3. The maximum atomic E-state index is 13.3. The van der Waals surface area contributed by atoms with Crippen molar-refractivity contribution in [1.82, 2.24) is 24.9 Å². The normalized spacial score (nSPS) is 15.8. The molecular weight excluding hydrogens is 454 g/mol. The summed E-state index contributed by atoms with van der Waals surface area (Å²) < 4.78 is 12.9. The van der Waals surface area contributed by atoms with E-state index in [9.17, 15) is 4.79 Å². The van der Waals surface area contributed by atoms with Crippen LogP contribution in [0, 0.1) is 13.8 Å². The van der Waals surface area contributed by atoms with Crippen LogP contribution in [0.1, 0.15) is 54.4 Å². The minimum atomic E-state index is 0.0992.